The highest BCUT2D eigenvalue weighted by molar-refractivity contribution is 7.89. The van der Waals surface area contributed by atoms with E-state index in [4.69, 9.17) is 4.74 Å². The van der Waals surface area contributed by atoms with Gasteiger partial charge < -0.3 is 10.1 Å². The van der Waals surface area contributed by atoms with Crippen molar-refractivity contribution in [3.8, 4) is 0 Å². The maximum atomic E-state index is 12.6. The van der Waals surface area contributed by atoms with Gasteiger partial charge in [0.05, 0.1) is 6.61 Å². The van der Waals surface area contributed by atoms with Crippen LogP contribution in [0.4, 0.5) is 0 Å². The fraction of sp³-hybridized carbons (Fsp3) is 0.583. The molecule has 0 aromatic carbocycles. The van der Waals surface area contributed by atoms with Crippen LogP contribution in [0, 0.1) is 6.92 Å². The molecule has 0 amide bonds. The summed E-state index contributed by atoms with van der Waals surface area (Å²) in [6.07, 6.45) is 1.55. The Balaban J connectivity index is 3.15. The van der Waals surface area contributed by atoms with Crippen molar-refractivity contribution in [2.24, 2.45) is 0 Å². The van der Waals surface area contributed by atoms with Gasteiger partial charge in [0.25, 0.3) is 10.0 Å². The Hall–Kier alpha value is -1.22. The second kappa shape index (κ2) is 7.53. The zero-order chi connectivity index (χ0) is 15.2. The van der Waals surface area contributed by atoms with Gasteiger partial charge in [-0.15, -0.1) is 6.58 Å². The van der Waals surface area contributed by atoms with Crippen molar-refractivity contribution in [2.45, 2.75) is 18.5 Å². The zero-order valence-electron chi connectivity index (χ0n) is 12.1. The molecule has 0 aliphatic rings. The van der Waals surface area contributed by atoms with Gasteiger partial charge in [-0.1, -0.05) is 6.08 Å². The average molecular weight is 302 g/mol. The van der Waals surface area contributed by atoms with E-state index in [9.17, 15) is 8.42 Å². The van der Waals surface area contributed by atoms with Crippen LogP contribution in [-0.2, 0) is 21.3 Å². The number of sulfonamides is 1. The monoisotopic (exact) mass is 302 g/mol. The number of hydrogen-bond acceptors (Lipinski definition) is 5. The van der Waals surface area contributed by atoms with Crippen LogP contribution in [-0.4, -0.2) is 56.8 Å². The molecule has 8 heteroatoms. The predicted octanol–water partition coefficient (Wildman–Crippen LogP) is 0.261. The van der Waals surface area contributed by atoms with Gasteiger partial charge in [-0.25, -0.2) is 8.42 Å². The van der Waals surface area contributed by atoms with E-state index in [-0.39, 0.29) is 18.1 Å². The summed E-state index contributed by atoms with van der Waals surface area (Å²) in [5, 5.41) is 9.68. The molecule has 0 aliphatic heterocycles. The first-order valence-electron chi connectivity index (χ1n) is 6.27. The molecule has 20 heavy (non-hydrogen) atoms. The van der Waals surface area contributed by atoms with Crippen molar-refractivity contribution in [3.05, 3.63) is 23.9 Å². The summed E-state index contributed by atoms with van der Waals surface area (Å²) >= 11 is 0. The van der Waals surface area contributed by atoms with Crippen LogP contribution in [0.15, 0.2) is 17.7 Å². The number of H-pyrrole nitrogens is 1. The number of nitrogens with one attached hydrogen (secondary N) is 2. The highest BCUT2D eigenvalue weighted by atomic mass is 32.2. The number of ether oxygens (including phenoxy) is 1. The first-order chi connectivity index (χ1) is 9.48. The maximum Gasteiger partial charge on any atom is 0.263 e. The van der Waals surface area contributed by atoms with Gasteiger partial charge in [0.1, 0.15) is 0 Å². The number of aromatic nitrogens is 2. The molecule has 0 bridgehead atoms. The van der Waals surface area contributed by atoms with Crippen molar-refractivity contribution in [3.63, 3.8) is 0 Å². The van der Waals surface area contributed by atoms with Gasteiger partial charge in [-0.2, -0.15) is 9.40 Å². The average Bonchev–Trinajstić information content (AvgIpc) is 2.77. The van der Waals surface area contributed by atoms with E-state index < -0.39 is 10.0 Å². The summed E-state index contributed by atoms with van der Waals surface area (Å²) in [6, 6.07) is 0. The SMILES string of the molecule is C=CCN(CCOC)S(=O)(=O)c1n[nH]c(C)c1CNC. The number of nitrogens with zero attached hydrogens (tertiary/aromatic N) is 2. The summed E-state index contributed by atoms with van der Waals surface area (Å²) in [5.41, 5.74) is 1.39. The molecule has 0 radical (unpaired) electrons. The number of rotatable bonds is 9. The summed E-state index contributed by atoms with van der Waals surface area (Å²) in [7, 11) is -0.377. The Labute approximate surface area is 120 Å². The molecule has 1 heterocycles. The van der Waals surface area contributed by atoms with E-state index in [1.165, 1.54) is 11.4 Å². The fourth-order valence-electron chi connectivity index (χ4n) is 1.80. The van der Waals surface area contributed by atoms with Crippen molar-refractivity contribution in [1.82, 2.24) is 19.8 Å². The molecule has 0 saturated heterocycles. The summed E-state index contributed by atoms with van der Waals surface area (Å²) < 4.78 is 31.6. The molecular weight excluding hydrogens is 280 g/mol. The van der Waals surface area contributed by atoms with Crippen molar-refractivity contribution >= 4 is 10.0 Å². The number of aryl methyl sites for hydroxylation is 1. The fourth-order valence-corrected chi connectivity index (χ4v) is 3.36. The van der Waals surface area contributed by atoms with E-state index in [2.05, 4.69) is 22.1 Å². The topological polar surface area (TPSA) is 87.3 Å². The summed E-state index contributed by atoms with van der Waals surface area (Å²) in [5.74, 6) is 0. The van der Waals surface area contributed by atoms with Crippen LogP contribution in [0.1, 0.15) is 11.3 Å². The minimum Gasteiger partial charge on any atom is -0.383 e. The van der Waals surface area contributed by atoms with Crippen molar-refractivity contribution in [1.29, 1.82) is 0 Å². The Morgan fingerprint density at radius 3 is 2.80 bits per heavy atom. The highest BCUT2D eigenvalue weighted by Crippen LogP contribution is 2.20. The maximum absolute atomic E-state index is 12.6. The minimum absolute atomic E-state index is 0.0577. The molecule has 7 nitrogen and oxygen atoms in total. The molecule has 1 aromatic rings. The molecule has 0 unspecified atom stereocenters. The Morgan fingerprint density at radius 2 is 2.25 bits per heavy atom. The van der Waals surface area contributed by atoms with Gasteiger partial charge in [0.15, 0.2) is 5.03 Å². The molecule has 0 fully saturated rings. The number of aromatic amines is 1. The summed E-state index contributed by atoms with van der Waals surface area (Å²) in [6.45, 7) is 6.62. The molecule has 1 aromatic heterocycles. The smallest absolute Gasteiger partial charge is 0.263 e. The molecule has 2 N–H and O–H groups in total. The molecule has 0 spiro atoms. The van der Waals surface area contributed by atoms with E-state index in [0.29, 0.717) is 18.7 Å². The minimum atomic E-state index is -3.67. The molecule has 0 atom stereocenters. The summed E-state index contributed by atoms with van der Waals surface area (Å²) in [4.78, 5) is 0. The second-order valence-corrected chi connectivity index (χ2v) is 6.16. The lowest BCUT2D eigenvalue weighted by Gasteiger charge is -2.19. The van der Waals surface area contributed by atoms with Gasteiger partial charge in [0.2, 0.25) is 0 Å². The van der Waals surface area contributed by atoms with Crippen LogP contribution < -0.4 is 5.32 Å². The van der Waals surface area contributed by atoms with Crippen LogP contribution in [0.5, 0.6) is 0 Å². The lowest BCUT2D eigenvalue weighted by atomic mass is 10.3. The second-order valence-electron chi connectivity index (χ2n) is 4.31. The van der Waals surface area contributed by atoms with Crippen molar-refractivity contribution in [2.75, 3.05) is 33.9 Å². The van der Waals surface area contributed by atoms with Crippen LogP contribution >= 0.6 is 0 Å². The van der Waals surface area contributed by atoms with E-state index in [1.807, 2.05) is 0 Å². The molecule has 0 saturated carbocycles. The van der Waals surface area contributed by atoms with E-state index in [0.717, 1.165) is 5.69 Å². The third kappa shape index (κ3) is 3.66. The van der Waals surface area contributed by atoms with Crippen LogP contribution in [0.25, 0.3) is 0 Å². The lowest BCUT2D eigenvalue weighted by molar-refractivity contribution is 0.182. The largest absolute Gasteiger partial charge is 0.383 e. The quantitative estimate of drug-likeness (QED) is 0.639. The Kier molecular flexibility index (Phi) is 6.34. The van der Waals surface area contributed by atoms with Crippen LogP contribution in [0.3, 0.4) is 0 Å². The first-order valence-corrected chi connectivity index (χ1v) is 7.71. The van der Waals surface area contributed by atoms with E-state index >= 15 is 0 Å². The first kappa shape index (κ1) is 16.8. The number of methoxy groups -OCH3 is 1. The highest BCUT2D eigenvalue weighted by Gasteiger charge is 2.29. The standard InChI is InChI=1S/C12H22N4O3S/c1-5-6-16(7-8-19-4)20(17,18)12-11(9-13-3)10(2)14-15-12/h5,13H,1,6-9H2,2-4H3,(H,14,15). The van der Waals surface area contributed by atoms with Crippen LogP contribution in [0.2, 0.25) is 0 Å². The van der Waals surface area contributed by atoms with Gasteiger partial charge in [-0.3, -0.25) is 5.10 Å². The van der Waals surface area contributed by atoms with Gasteiger partial charge in [-0.05, 0) is 14.0 Å². The van der Waals surface area contributed by atoms with Gasteiger partial charge in [0, 0.05) is 38.0 Å². The normalized spacial score (nSPS) is 12.0. The Morgan fingerprint density at radius 1 is 1.55 bits per heavy atom. The predicted molar refractivity (Wildman–Crippen MR) is 76.9 cm³/mol. The zero-order valence-corrected chi connectivity index (χ0v) is 13.0. The molecular formula is C12H22N4O3S. The van der Waals surface area contributed by atoms with Gasteiger partial charge >= 0.3 is 0 Å². The lowest BCUT2D eigenvalue weighted by Crippen LogP contribution is -2.35. The third-order valence-corrected chi connectivity index (χ3v) is 4.69. The third-order valence-electron chi connectivity index (χ3n) is 2.85. The number of hydrogen-bond donors (Lipinski definition) is 2. The molecule has 114 valence electrons. The molecule has 1 rings (SSSR count). The molecule has 0 aliphatic carbocycles. The van der Waals surface area contributed by atoms with Crippen molar-refractivity contribution < 1.29 is 13.2 Å². The van der Waals surface area contributed by atoms with E-state index in [1.54, 1.807) is 20.0 Å². The Bertz CT molecular complexity index is 539.